The number of fused-ring (bicyclic) bond motifs is 1. The van der Waals surface area contributed by atoms with Crippen LogP contribution in [0.4, 0.5) is 10.6 Å². The normalized spacial score (nSPS) is 18.4. The van der Waals surface area contributed by atoms with Crippen molar-refractivity contribution in [1.82, 2.24) is 24.8 Å². The minimum atomic E-state index is -0.164. The molecule has 2 aromatic heterocycles. The van der Waals surface area contributed by atoms with Crippen molar-refractivity contribution < 1.29 is 9.53 Å². The number of benzene rings is 1. The van der Waals surface area contributed by atoms with Crippen LogP contribution in [0.3, 0.4) is 0 Å². The Bertz CT molecular complexity index is 1210. The molecular weight excluding hydrogens is 432 g/mol. The van der Waals surface area contributed by atoms with Crippen LogP contribution in [0.15, 0.2) is 47.4 Å². The summed E-state index contributed by atoms with van der Waals surface area (Å²) >= 11 is 0. The van der Waals surface area contributed by atoms with E-state index in [0.717, 1.165) is 25.0 Å². The number of ether oxygens (including phenoxy) is 1. The van der Waals surface area contributed by atoms with Crippen molar-refractivity contribution in [2.24, 2.45) is 0 Å². The Morgan fingerprint density at radius 3 is 2.68 bits per heavy atom. The van der Waals surface area contributed by atoms with Gasteiger partial charge in [-0.2, -0.15) is 0 Å². The maximum Gasteiger partial charge on any atom is 0.317 e. The van der Waals surface area contributed by atoms with Crippen molar-refractivity contribution in [3.8, 4) is 0 Å². The van der Waals surface area contributed by atoms with E-state index in [1.165, 1.54) is 5.56 Å². The summed E-state index contributed by atoms with van der Waals surface area (Å²) in [4.78, 5) is 39.0. The highest BCUT2D eigenvalue weighted by Gasteiger charge is 2.26. The summed E-state index contributed by atoms with van der Waals surface area (Å²) in [5.41, 5.74) is 3.30. The highest BCUT2D eigenvalue weighted by Crippen LogP contribution is 2.17. The Hall–Kier alpha value is -3.46. The molecule has 9 nitrogen and oxygen atoms in total. The van der Waals surface area contributed by atoms with Gasteiger partial charge in [0.25, 0.3) is 5.56 Å². The van der Waals surface area contributed by atoms with Crippen LogP contribution in [-0.4, -0.2) is 70.9 Å². The zero-order valence-electron chi connectivity index (χ0n) is 19.4. The SMILES string of the molecule is Cc1ccc(Cn2c(=O)c(N3CCN(C(=O)NCC4CCCO4)CC3)nc3cccnc32)cc1. The van der Waals surface area contributed by atoms with Crippen LogP contribution in [-0.2, 0) is 11.3 Å². The summed E-state index contributed by atoms with van der Waals surface area (Å²) < 4.78 is 7.28. The van der Waals surface area contributed by atoms with Crippen molar-refractivity contribution in [2.45, 2.75) is 32.4 Å². The average Bonchev–Trinajstić information content (AvgIpc) is 3.39. The Balaban J connectivity index is 1.32. The van der Waals surface area contributed by atoms with Crippen molar-refractivity contribution in [1.29, 1.82) is 0 Å². The number of piperazine rings is 1. The number of nitrogens with zero attached hydrogens (tertiary/aromatic N) is 5. The van der Waals surface area contributed by atoms with Crippen LogP contribution in [0.25, 0.3) is 11.2 Å². The largest absolute Gasteiger partial charge is 0.376 e. The van der Waals surface area contributed by atoms with Crippen molar-refractivity contribution >= 4 is 23.0 Å². The van der Waals surface area contributed by atoms with Gasteiger partial charge in [-0.05, 0) is 37.5 Å². The zero-order chi connectivity index (χ0) is 23.5. The summed E-state index contributed by atoms with van der Waals surface area (Å²) in [7, 11) is 0. The van der Waals surface area contributed by atoms with E-state index in [2.05, 4.69) is 15.3 Å². The second kappa shape index (κ2) is 9.80. The molecule has 1 N–H and O–H groups in total. The van der Waals surface area contributed by atoms with Crippen LogP contribution >= 0.6 is 0 Å². The molecule has 1 atom stereocenters. The first-order valence-electron chi connectivity index (χ1n) is 11.9. The molecule has 9 heteroatoms. The van der Waals surface area contributed by atoms with E-state index >= 15 is 0 Å². The maximum absolute atomic E-state index is 13.5. The first kappa shape index (κ1) is 22.3. The van der Waals surface area contributed by atoms with Gasteiger partial charge in [-0.1, -0.05) is 29.8 Å². The van der Waals surface area contributed by atoms with Gasteiger partial charge in [0.05, 0.1) is 12.6 Å². The predicted molar refractivity (Wildman–Crippen MR) is 130 cm³/mol. The Morgan fingerprint density at radius 1 is 1.15 bits per heavy atom. The third-order valence-electron chi connectivity index (χ3n) is 6.52. The third kappa shape index (κ3) is 4.75. The maximum atomic E-state index is 13.5. The van der Waals surface area contributed by atoms with Crippen molar-refractivity contribution in [2.75, 3.05) is 44.2 Å². The molecule has 0 spiro atoms. The third-order valence-corrected chi connectivity index (χ3v) is 6.52. The number of carbonyl (C=O) groups is 1. The van der Waals surface area contributed by atoms with Crippen LogP contribution < -0.4 is 15.8 Å². The molecule has 2 fully saturated rings. The van der Waals surface area contributed by atoms with Crippen molar-refractivity contribution in [3.05, 3.63) is 64.1 Å². The van der Waals surface area contributed by atoms with Crippen molar-refractivity contribution in [3.63, 3.8) is 0 Å². The summed E-state index contributed by atoms with van der Waals surface area (Å²) in [6.07, 6.45) is 3.84. The summed E-state index contributed by atoms with van der Waals surface area (Å²) in [6.45, 7) is 5.94. The number of carbonyl (C=O) groups excluding carboxylic acids is 1. The van der Waals surface area contributed by atoms with Gasteiger partial charge in [0.2, 0.25) is 0 Å². The second-order valence-corrected chi connectivity index (χ2v) is 8.95. The van der Waals surface area contributed by atoms with Gasteiger partial charge in [-0.25, -0.2) is 14.8 Å². The van der Waals surface area contributed by atoms with E-state index in [9.17, 15) is 9.59 Å². The highest BCUT2D eigenvalue weighted by molar-refractivity contribution is 5.75. The number of pyridine rings is 1. The molecule has 178 valence electrons. The van der Waals surface area contributed by atoms with Crippen LogP contribution in [0.2, 0.25) is 0 Å². The molecule has 5 rings (SSSR count). The lowest BCUT2D eigenvalue weighted by atomic mass is 10.1. The number of hydrogen-bond donors (Lipinski definition) is 1. The molecule has 4 heterocycles. The number of rotatable bonds is 5. The van der Waals surface area contributed by atoms with E-state index < -0.39 is 0 Å². The van der Waals surface area contributed by atoms with Gasteiger partial charge in [-0.3, -0.25) is 9.36 Å². The quantitative estimate of drug-likeness (QED) is 0.625. The number of aryl methyl sites for hydroxylation is 1. The van der Waals surface area contributed by atoms with E-state index in [0.29, 0.717) is 56.3 Å². The molecule has 34 heavy (non-hydrogen) atoms. The molecule has 2 saturated heterocycles. The van der Waals surface area contributed by atoms with Crippen LogP contribution in [0.5, 0.6) is 0 Å². The molecule has 1 aromatic carbocycles. The lowest BCUT2D eigenvalue weighted by molar-refractivity contribution is 0.108. The van der Waals surface area contributed by atoms with Crippen LogP contribution in [0.1, 0.15) is 24.0 Å². The van der Waals surface area contributed by atoms with E-state index in [1.807, 2.05) is 48.2 Å². The topological polar surface area (TPSA) is 92.6 Å². The van der Waals surface area contributed by atoms with Gasteiger partial charge in [0.1, 0.15) is 5.52 Å². The van der Waals surface area contributed by atoms with Gasteiger partial charge in [-0.15, -0.1) is 0 Å². The molecular formula is C25H30N6O3. The smallest absolute Gasteiger partial charge is 0.317 e. The number of urea groups is 1. The molecule has 0 saturated carbocycles. The Labute approximate surface area is 198 Å². The molecule has 2 aliphatic heterocycles. The number of hydrogen-bond acceptors (Lipinski definition) is 6. The average molecular weight is 463 g/mol. The Morgan fingerprint density at radius 2 is 1.94 bits per heavy atom. The Kier molecular flexibility index (Phi) is 6.44. The van der Waals surface area contributed by atoms with Gasteiger partial charge < -0.3 is 19.9 Å². The minimum absolute atomic E-state index is 0.0809. The lowest BCUT2D eigenvalue weighted by Crippen LogP contribution is -2.53. The second-order valence-electron chi connectivity index (χ2n) is 8.95. The van der Waals surface area contributed by atoms with E-state index in [4.69, 9.17) is 4.74 Å². The number of amides is 2. The van der Waals surface area contributed by atoms with Gasteiger partial charge >= 0.3 is 6.03 Å². The molecule has 2 aliphatic rings. The number of anilines is 1. The molecule has 2 amide bonds. The highest BCUT2D eigenvalue weighted by atomic mass is 16.5. The van der Waals surface area contributed by atoms with Gasteiger partial charge in [0.15, 0.2) is 11.5 Å². The standard InChI is InChI=1S/C25H30N6O3/c1-18-6-8-19(9-7-18)17-31-22-21(5-2-10-26-22)28-23(24(31)32)29-11-13-30(14-12-29)25(33)27-16-20-4-3-15-34-20/h2,5-10,20H,3-4,11-17H2,1H3,(H,27,33). The van der Waals surface area contributed by atoms with Crippen LogP contribution in [0, 0.1) is 6.92 Å². The fourth-order valence-corrected chi connectivity index (χ4v) is 4.53. The molecule has 3 aromatic rings. The monoisotopic (exact) mass is 462 g/mol. The van der Waals surface area contributed by atoms with Gasteiger partial charge in [0, 0.05) is 45.5 Å². The lowest BCUT2D eigenvalue weighted by Gasteiger charge is -2.35. The molecule has 1 unspecified atom stereocenters. The summed E-state index contributed by atoms with van der Waals surface area (Å²) in [5.74, 6) is 0.409. The fraction of sp³-hybridized carbons (Fsp3) is 0.440. The van der Waals surface area contributed by atoms with E-state index in [1.54, 1.807) is 15.7 Å². The predicted octanol–water partition coefficient (Wildman–Crippen LogP) is 2.16. The molecule has 0 radical (unpaired) electrons. The molecule has 0 bridgehead atoms. The number of nitrogens with one attached hydrogen (secondary N) is 1. The van der Waals surface area contributed by atoms with E-state index in [-0.39, 0.29) is 17.7 Å². The number of aromatic nitrogens is 3. The first-order valence-corrected chi connectivity index (χ1v) is 11.9. The zero-order valence-corrected chi connectivity index (χ0v) is 19.4. The summed E-state index contributed by atoms with van der Waals surface area (Å²) in [5, 5.41) is 2.98. The first-order chi connectivity index (χ1) is 16.6. The summed E-state index contributed by atoms with van der Waals surface area (Å²) in [6, 6.07) is 11.8. The fourth-order valence-electron chi connectivity index (χ4n) is 4.53. The molecule has 0 aliphatic carbocycles. The minimum Gasteiger partial charge on any atom is -0.376 e.